The van der Waals surface area contributed by atoms with Crippen molar-refractivity contribution in [3.05, 3.63) is 45.9 Å². The highest BCUT2D eigenvalue weighted by atomic mass is 35.5. The number of hydrogen-bond acceptors (Lipinski definition) is 6. The summed E-state index contributed by atoms with van der Waals surface area (Å²) in [4.78, 5) is 24.5. The maximum atomic E-state index is 12.3. The van der Waals surface area contributed by atoms with Gasteiger partial charge in [-0.15, -0.1) is 0 Å². The van der Waals surface area contributed by atoms with Gasteiger partial charge in [0.05, 0.1) is 16.3 Å². The van der Waals surface area contributed by atoms with Gasteiger partial charge in [-0.05, 0) is 31.2 Å². The molecule has 7 nitrogen and oxygen atoms in total. The fourth-order valence-corrected chi connectivity index (χ4v) is 2.74. The molecule has 9 heteroatoms. The summed E-state index contributed by atoms with van der Waals surface area (Å²) in [5.74, 6) is -0.214. The van der Waals surface area contributed by atoms with Gasteiger partial charge in [-0.1, -0.05) is 23.2 Å². The van der Waals surface area contributed by atoms with E-state index in [0.717, 1.165) is 0 Å². The summed E-state index contributed by atoms with van der Waals surface area (Å²) in [5.41, 5.74) is 6.26. The Hall–Kier alpha value is -2.64. The molecule has 0 unspecified atom stereocenters. The standard InChI is InChI=1S/C17H14Cl2N2O5/c1-8(26-17(23)11-4-9(18)5-12(19)15(11)20)16(22)21-10-2-3-13-14(6-10)25-7-24-13/h2-6,8H,7,20H2,1H3,(H,21,22)/t8-/m0/s1. The molecular weight excluding hydrogens is 383 g/mol. The first-order chi connectivity index (χ1) is 12.3. The van der Waals surface area contributed by atoms with Gasteiger partial charge in [-0.3, -0.25) is 4.79 Å². The van der Waals surface area contributed by atoms with E-state index in [1.807, 2.05) is 0 Å². The summed E-state index contributed by atoms with van der Waals surface area (Å²) in [6.07, 6.45) is -1.08. The van der Waals surface area contributed by atoms with Crippen molar-refractivity contribution >= 4 is 46.5 Å². The predicted molar refractivity (Wildman–Crippen MR) is 96.9 cm³/mol. The zero-order valence-corrected chi connectivity index (χ0v) is 15.1. The van der Waals surface area contributed by atoms with Crippen molar-refractivity contribution in [1.82, 2.24) is 0 Å². The minimum absolute atomic E-state index is 0.00905. The molecule has 0 saturated heterocycles. The van der Waals surface area contributed by atoms with E-state index in [2.05, 4.69) is 5.32 Å². The van der Waals surface area contributed by atoms with Gasteiger partial charge < -0.3 is 25.3 Å². The minimum atomic E-state index is -1.08. The largest absolute Gasteiger partial charge is 0.454 e. The maximum absolute atomic E-state index is 12.3. The van der Waals surface area contributed by atoms with Crippen LogP contribution in [0, 0.1) is 0 Å². The predicted octanol–water partition coefficient (Wildman–Crippen LogP) is 3.49. The molecule has 0 spiro atoms. The molecule has 2 aromatic carbocycles. The molecule has 26 heavy (non-hydrogen) atoms. The van der Waals surface area contributed by atoms with Crippen LogP contribution < -0.4 is 20.5 Å². The van der Waals surface area contributed by atoms with Crippen LogP contribution in [0.15, 0.2) is 30.3 Å². The molecule has 0 radical (unpaired) electrons. The van der Waals surface area contributed by atoms with Gasteiger partial charge >= 0.3 is 5.97 Å². The summed E-state index contributed by atoms with van der Waals surface area (Å²) < 4.78 is 15.6. The lowest BCUT2D eigenvalue weighted by Crippen LogP contribution is -2.30. The number of ether oxygens (including phenoxy) is 3. The van der Waals surface area contributed by atoms with Gasteiger partial charge in [0.1, 0.15) is 0 Å². The van der Waals surface area contributed by atoms with Crippen LogP contribution in [-0.2, 0) is 9.53 Å². The van der Waals surface area contributed by atoms with Crippen molar-refractivity contribution in [3.8, 4) is 11.5 Å². The number of carbonyl (C=O) groups is 2. The van der Waals surface area contributed by atoms with Crippen LogP contribution in [0.1, 0.15) is 17.3 Å². The van der Waals surface area contributed by atoms with Crippen LogP contribution >= 0.6 is 23.2 Å². The van der Waals surface area contributed by atoms with Crippen LogP contribution in [0.25, 0.3) is 0 Å². The molecule has 0 saturated carbocycles. The molecule has 2 aromatic rings. The Morgan fingerprint density at radius 2 is 1.92 bits per heavy atom. The molecule has 0 aromatic heterocycles. The van der Waals surface area contributed by atoms with E-state index in [1.54, 1.807) is 18.2 Å². The topological polar surface area (TPSA) is 99.9 Å². The maximum Gasteiger partial charge on any atom is 0.341 e. The molecule has 1 amide bonds. The molecule has 3 rings (SSSR count). The molecule has 3 N–H and O–H groups in total. The van der Waals surface area contributed by atoms with Crippen LogP contribution in [0.3, 0.4) is 0 Å². The van der Waals surface area contributed by atoms with Crippen molar-refractivity contribution in [3.63, 3.8) is 0 Å². The quantitative estimate of drug-likeness (QED) is 0.605. The molecule has 0 fully saturated rings. The molecule has 1 atom stereocenters. The Labute approximate surface area is 158 Å². The number of benzene rings is 2. The Morgan fingerprint density at radius 3 is 2.69 bits per heavy atom. The van der Waals surface area contributed by atoms with Crippen LogP contribution in [-0.4, -0.2) is 24.8 Å². The van der Waals surface area contributed by atoms with Gasteiger partial charge in [-0.2, -0.15) is 0 Å². The SMILES string of the molecule is C[C@H](OC(=O)c1cc(Cl)cc(Cl)c1N)C(=O)Nc1ccc2c(c1)OCO2. The second kappa shape index (κ2) is 7.31. The molecule has 0 bridgehead atoms. The smallest absolute Gasteiger partial charge is 0.341 e. The first-order valence-corrected chi connectivity index (χ1v) is 8.27. The van der Waals surface area contributed by atoms with Crippen molar-refractivity contribution in [1.29, 1.82) is 0 Å². The van der Waals surface area contributed by atoms with Gasteiger partial charge in [0.2, 0.25) is 6.79 Å². The van der Waals surface area contributed by atoms with Crippen molar-refractivity contribution in [2.24, 2.45) is 0 Å². The summed E-state index contributed by atoms with van der Waals surface area (Å²) >= 11 is 11.8. The van der Waals surface area contributed by atoms with E-state index in [1.165, 1.54) is 19.1 Å². The normalized spacial score (nSPS) is 13.2. The third-order valence-corrected chi connectivity index (χ3v) is 4.14. The monoisotopic (exact) mass is 396 g/mol. The zero-order chi connectivity index (χ0) is 18.8. The van der Waals surface area contributed by atoms with Crippen LogP contribution in [0.4, 0.5) is 11.4 Å². The first kappa shape index (κ1) is 18.2. The second-order valence-electron chi connectivity index (χ2n) is 5.45. The van der Waals surface area contributed by atoms with Gasteiger partial charge in [0.25, 0.3) is 5.91 Å². The number of nitrogens with two attached hydrogens (primary N) is 1. The van der Waals surface area contributed by atoms with Crippen molar-refractivity contribution in [2.75, 3.05) is 17.8 Å². The third kappa shape index (κ3) is 3.79. The Balaban J connectivity index is 1.67. The minimum Gasteiger partial charge on any atom is -0.454 e. The number of anilines is 2. The van der Waals surface area contributed by atoms with Gasteiger partial charge in [-0.25, -0.2) is 4.79 Å². The Bertz CT molecular complexity index is 888. The lowest BCUT2D eigenvalue weighted by atomic mass is 10.2. The second-order valence-corrected chi connectivity index (χ2v) is 6.30. The number of nitrogen functional groups attached to an aromatic ring is 1. The highest BCUT2D eigenvalue weighted by molar-refractivity contribution is 6.37. The highest BCUT2D eigenvalue weighted by Gasteiger charge is 2.22. The van der Waals surface area contributed by atoms with E-state index in [4.69, 9.17) is 43.1 Å². The molecule has 1 aliphatic rings. The van der Waals surface area contributed by atoms with Gasteiger partial charge in [0.15, 0.2) is 17.6 Å². The number of nitrogens with one attached hydrogen (secondary N) is 1. The molecule has 1 heterocycles. The Morgan fingerprint density at radius 1 is 1.19 bits per heavy atom. The van der Waals surface area contributed by atoms with Crippen molar-refractivity contribution in [2.45, 2.75) is 13.0 Å². The fraction of sp³-hybridized carbons (Fsp3) is 0.176. The summed E-state index contributed by atoms with van der Waals surface area (Å²) in [6, 6.07) is 7.67. The van der Waals surface area contributed by atoms with E-state index in [9.17, 15) is 9.59 Å². The van der Waals surface area contributed by atoms with E-state index in [0.29, 0.717) is 17.2 Å². The Kier molecular flexibility index (Phi) is 5.11. The fourth-order valence-electron chi connectivity index (χ4n) is 2.25. The molecule has 136 valence electrons. The van der Waals surface area contributed by atoms with E-state index in [-0.39, 0.29) is 28.1 Å². The average Bonchev–Trinajstić information content (AvgIpc) is 3.05. The third-order valence-electron chi connectivity index (χ3n) is 3.61. The van der Waals surface area contributed by atoms with E-state index < -0.39 is 18.0 Å². The van der Waals surface area contributed by atoms with Crippen molar-refractivity contribution < 1.29 is 23.8 Å². The zero-order valence-electron chi connectivity index (χ0n) is 13.5. The number of hydrogen-bond donors (Lipinski definition) is 2. The van der Waals surface area contributed by atoms with E-state index >= 15 is 0 Å². The number of esters is 1. The molecule has 1 aliphatic heterocycles. The lowest BCUT2D eigenvalue weighted by molar-refractivity contribution is -0.123. The average molecular weight is 397 g/mol. The van der Waals surface area contributed by atoms with Gasteiger partial charge in [0, 0.05) is 16.8 Å². The number of carbonyl (C=O) groups excluding carboxylic acids is 2. The first-order valence-electron chi connectivity index (χ1n) is 7.51. The van der Waals surface area contributed by atoms with Crippen LogP contribution in [0.2, 0.25) is 10.0 Å². The highest BCUT2D eigenvalue weighted by Crippen LogP contribution is 2.34. The molecular formula is C17H14Cl2N2O5. The summed E-state index contributed by atoms with van der Waals surface area (Å²) in [6.45, 7) is 1.56. The summed E-state index contributed by atoms with van der Waals surface area (Å²) in [7, 11) is 0. The molecule has 0 aliphatic carbocycles. The number of rotatable bonds is 4. The number of amides is 1. The summed E-state index contributed by atoms with van der Waals surface area (Å²) in [5, 5.41) is 2.99. The lowest BCUT2D eigenvalue weighted by Gasteiger charge is -2.15. The number of halogens is 2. The number of fused-ring (bicyclic) bond motifs is 1. The van der Waals surface area contributed by atoms with Crippen LogP contribution in [0.5, 0.6) is 11.5 Å².